The van der Waals surface area contributed by atoms with Crippen LogP contribution in [-0.4, -0.2) is 41.3 Å². The number of nitrogens with zero attached hydrogens (tertiary/aromatic N) is 1. The van der Waals surface area contributed by atoms with Crippen molar-refractivity contribution in [3.05, 3.63) is 0 Å². The van der Waals surface area contributed by atoms with Crippen LogP contribution in [0.25, 0.3) is 0 Å². The van der Waals surface area contributed by atoms with Crippen LogP contribution in [0, 0.1) is 11.8 Å². The van der Waals surface area contributed by atoms with Crippen molar-refractivity contribution in [2.45, 2.75) is 39.2 Å². The van der Waals surface area contributed by atoms with E-state index in [0.717, 1.165) is 0 Å². The highest BCUT2D eigenvalue weighted by molar-refractivity contribution is 6.08. The fourth-order valence-electron chi connectivity index (χ4n) is 2.59. The second kappa shape index (κ2) is 4.37. The molecule has 1 aliphatic heterocycles. The van der Waals surface area contributed by atoms with Crippen LogP contribution in [0.1, 0.15) is 33.6 Å². The Balaban J connectivity index is 2.01. The van der Waals surface area contributed by atoms with Crippen molar-refractivity contribution in [3.63, 3.8) is 0 Å². The normalized spacial score (nSPS) is 28.3. The summed E-state index contributed by atoms with van der Waals surface area (Å²) in [7, 11) is 0. The maximum Gasteiger partial charge on any atom is 0.410 e. The first-order valence-electron chi connectivity index (χ1n) is 6.31. The third kappa shape index (κ3) is 2.54. The molecule has 1 heterocycles. The molecular formula is C13H19NO4. The summed E-state index contributed by atoms with van der Waals surface area (Å²) in [6.45, 7) is 6.24. The monoisotopic (exact) mass is 253 g/mol. The van der Waals surface area contributed by atoms with E-state index in [0.29, 0.717) is 19.5 Å². The lowest BCUT2D eigenvalue weighted by Crippen LogP contribution is -2.46. The molecule has 0 aromatic heterocycles. The van der Waals surface area contributed by atoms with E-state index in [-0.39, 0.29) is 29.8 Å². The second-order valence-corrected chi connectivity index (χ2v) is 6.04. The lowest BCUT2D eigenvalue weighted by molar-refractivity contribution is -0.122. The molecule has 5 heteroatoms. The van der Waals surface area contributed by atoms with E-state index in [4.69, 9.17) is 4.74 Å². The third-order valence-corrected chi connectivity index (χ3v) is 3.44. The molecule has 1 saturated carbocycles. The number of carbonyl (C=O) groups is 3. The molecule has 2 fully saturated rings. The Morgan fingerprint density at radius 2 is 1.83 bits per heavy atom. The van der Waals surface area contributed by atoms with Gasteiger partial charge >= 0.3 is 6.09 Å². The highest BCUT2D eigenvalue weighted by atomic mass is 16.6. The molecule has 1 saturated heterocycles. The van der Waals surface area contributed by atoms with E-state index in [9.17, 15) is 14.4 Å². The van der Waals surface area contributed by atoms with Crippen molar-refractivity contribution < 1.29 is 19.1 Å². The van der Waals surface area contributed by atoms with Crippen molar-refractivity contribution in [1.82, 2.24) is 4.90 Å². The Hall–Kier alpha value is -1.39. The van der Waals surface area contributed by atoms with Gasteiger partial charge in [-0.15, -0.1) is 0 Å². The Bertz CT molecular complexity index is 396. The van der Waals surface area contributed by atoms with Gasteiger partial charge in [0.05, 0.1) is 6.42 Å². The van der Waals surface area contributed by atoms with Crippen molar-refractivity contribution in [3.8, 4) is 0 Å². The summed E-state index contributed by atoms with van der Waals surface area (Å²) in [6, 6.07) is 0. The Labute approximate surface area is 106 Å². The van der Waals surface area contributed by atoms with E-state index in [1.165, 1.54) is 0 Å². The van der Waals surface area contributed by atoms with Gasteiger partial charge < -0.3 is 9.64 Å². The summed E-state index contributed by atoms with van der Waals surface area (Å²) in [4.78, 5) is 36.7. The molecule has 100 valence electrons. The maximum atomic E-state index is 11.9. The van der Waals surface area contributed by atoms with Gasteiger partial charge in [0.25, 0.3) is 0 Å². The SMILES string of the molecule is CC(C)(C)OC(=O)N1CCC2C(=O)CC(=O)C2C1. The minimum atomic E-state index is -0.538. The molecule has 0 N–H and O–H groups in total. The summed E-state index contributed by atoms with van der Waals surface area (Å²) >= 11 is 0. The largest absolute Gasteiger partial charge is 0.444 e. The Morgan fingerprint density at radius 1 is 1.22 bits per heavy atom. The first kappa shape index (κ1) is 13.1. The third-order valence-electron chi connectivity index (χ3n) is 3.44. The number of Topliss-reactive ketones (excluding diaryl/α,β-unsaturated/α-hetero) is 2. The quantitative estimate of drug-likeness (QED) is 0.612. The lowest BCUT2D eigenvalue weighted by Gasteiger charge is -2.34. The lowest BCUT2D eigenvalue weighted by atomic mass is 9.88. The van der Waals surface area contributed by atoms with Gasteiger partial charge in [0.15, 0.2) is 0 Å². The van der Waals surface area contributed by atoms with E-state index < -0.39 is 11.7 Å². The summed E-state index contributed by atoms with van der Waals surface area (Å²) < 4.78 is 5.28. The predicted octanol–water partition coefficient (Wildman–Crippen LogP) is 1.40. The molecule has 2 unspecified atom stereocenters. The fourth-order valence-corrected chi connectivity index (χ4v) is 2.59. The van der Waals surface area contributed by atoms with Crippen LogP contribution < -0.4 is 0 Å². The molecule has 2 aliphatic rings. The summed E-state index contributed by atoms with van der Waals surface area (Å²) in [5.74, 6) is -0.470. The van der Waals surface area contributed by atoms with Gasteiger partial charge in [-0.1, -0.05) is 0 Å². The molecule has 1 aliphatic carbocycles. The van der Waals surface area contributed by atoms with E-state index in [2.05, 4.69) is 0 Å². The molecule has 18 heavy (non-hydrogen) atoms. The van der Waals surface area contributed by atoms with Gasteiger partial charge in [0.2, 0.25) is 0 Å². The van der Waals surface area contributed by atoms with Gasteiger partial charge in [-0.25, -0.2) is 4.79 Å². The van der Waals surface area contributed by atoms with Gasteiger partial charge in [0, 0.05) is 24.9 Å². The molecule has 0 bridgehead atoms. The number of fused-ring (bicyclic) bond motifs is 1. The second-order valence-electron chi connectivity index (χ2n) is 6.04. The number of amides is 1. The Morgan fingerprint density at radius 3 is 2.44 bits per heavy atom. The van der Waals surface area contributed by atoms with Crippen LogP contribution in [0.5, 0.6) is 0 Å². The van der Waals surface area contributed by atoms with E-state index in [1.807, 2.05) is 20.8 Å². The van der Waals surface area contributed by atoms with Crippen LogP contribution in [0.2, 0.25) is 0 Å². The predicted molar refractivity (Wildman–Crippen MR) is 64.0 cm³/mol. The highest BCUT2D eigenvalue weighted by Gasteiger charge is 2.45. The number of ketones is 2. The van der Waals surface area contributed by atoms with Crippen LogP contribution in [-0.2, 0) is 14.3 Å². The van der Waals surface area contributed by atoms with E-state index >= 15 is 0 Å². The van der Waals surface area contributed by atoms with E-state index in [1.54, 1.807) is 4.90 Å². The minimum Gasteiger partial charge on any atom is -0.444 e. The summed E-state index contributed by atoms with van der Waals surface area (Å²) in [6.07, 6.45) is 0.222. The first-order chi connectivity index (χ1) is 8.28. The van der Waals surface area contributed by atoms with Crippen molar-refractivity contribution in [2.75, 3.05) is 13.1 Å². The van der Waals surface area contributed by atoms with Crippen LogP contribution in [0.15, 0.2) is 0 Å². The molecule has 0 aromatic carbocycles. The topological polar surface area (TPSA) is 63.7 Å². The molecule has 2 rings (SSSR count). The average Bonchev–Trinajstić information content (AvgIpc) is 2.52. The molecule has 0 spiro atoms. The van der Waals surface area contributed by atoms with Gasteiger partial charge in [-0.05, 0) is 27.2 Å². The van der Waals surface area contributed by atoms with Gasteiger partial charge in [0.1, 0.15) is 17.2 Å². The number of likely N-dealkylation sites (tertiary alicyclic amines) is 1. The maximum absolute atomic E-state index is 11.9. The zero-order valence-electron chi connectivity index (χ0n) is 11.1. The van der Waals surface area contributed by atoms with Gasteiger partial charge in [-0.2, -0.15) is 0 Å². The summed E-state index contributed by atoms with van der Waals surface area (Å²) in [5.41, 5.74) is -0.538. The zero-order valence-corrected chi connectivity index (χ0v) is 11.1. The number of carbonyl (C=O) groups excluding carboxylic acids is 3. The number of ether oxygens (including phenoxy) is 1. The zero-order chi connectivity index (χ0) is 13.5. The fraction of sp³-hybridized carbons (Fsp3) is 0.769. The minimum absolute atomic E-state index is 0.0294. The average molecular weight is 253 g/mol. The van der Waals surface area contributed by atoms with Crippen LogP contribution in [0.4, 0.5) is 4.79 Å². The molecule has 1 amide bonds. The highest BCUT2D eigenvalue weighted by Crippen LogP contribution is 2.33. The van der Waals surface area contributed by atoms with Crippen LogP contribution >= 0.6 is 0 Å². The van der Waals surface area contributed by atoms with Crippen LogP contribution in [0.3, 0.4) is 0 Å². The molecule has 0 radical (unpaired) electrons. The summed E-state index contributed by atoms with van der Waals surface area (Å²) in [5, 5.41) is 0. The molecule has 0 aromatic rings. The number of rotatable bonds is 0. The number of hydrogen-bond donors (Lipinski definition) is 0. The number of piperidine rings is 1. The smallest absolute Gasteiger partial charge is 0.410 e. The molecular weight excluding hydrogens is 234 g/mol. The van der Waals surface area contributed by atoms with Crippen molar-refractivity contribution in [1.29, 1.82) is 0 Å². The number of hydrogen-bond acceptors (Lipinski definition) is 4. The first-order valence-corrected chi connectivity index (χ1v) is 6.31. The molecule has 5 nitrogen and oxygen atoms in total. The Kier molecular flexibility index (Phi) is 3.17. The molecule has 2 atom stereocenters. The van der Waals surface area contributed by atoms with Crippen molar-refractivity contribution in [2.24, 2.45) is 11.8 Å². The standard InChI is InChI=1S/C13H19NO4/c1-13(2,3)18-12(17)14-5-4-8-9(7-14)11(16)6-10(8)15/h8-9H,4-7H2,1-3H3. The van der Waals surface area contributed by atoms with Gasteiger partial charge in [-0.3, -0.25) is 9.59 Å². The van der Waals surface area contributed by atoms with Crippen molar-refractivity contribution >= 4 is 17.7 Å².